The first kappa shape index (κ1) is 14.1. The van der Waals surface area contributed by atoms with Gasteiger partial charge in [-0.05, 0) is 47.9 Å². The third-order valence-electron chi connectivity index (χ3n) is 3.17. The van der Waals surface area contributed by atoms with Gasteiger partial charge in [-0.3, -0.25) is 4.79 Å². The fraction of sp³-hybridized carbons (Fsp3) is 0.188. The third-order valence-corrected chi connectivity index (χ3v) is 3.17. The Morgan fingerprint density at radius 3 is 2.25 bits per heavy atom. The van der Waals surface area contributed by atoms with Gasteiger partial charge in [0.1, 0.15) is 5.82 Å². The van der Waals surface area contributed by atoms with Crippen molar-refractivity contribution in [2.45, 2.75) is 6.92 Å². The molecule has 0 N–H and O–H groups in total. The van der Waals surface area contributed by atoms with Crippen LogP contribution in [0, 0.1) is 12.7 Å². The van der Waals surface area contributed by atoms with Crippen molar-refractivity contribution < 1.29 is 18.7 Å². The highest BCUT2D eigenvalue weighted by Gasteiger charge is 2.14. The summed E-state index contributed by atoms with van der Waals surface area (Å²) in [7, 11) is 3.01. The summed E-state index contributed by atoms with van der Waals surface area (Å²) >= 11 is 0. The average molecular weight is 274 g/mol. The quantitative estimate of drug-likeness (QED) is 0.799. The fourth-order valence-electron chi connectivity index (χ4n) is 2.11. The molecule has 0 amide bonds. The van der Waals surface area contributed by atoms with Crippen molar-refractivity contribution in [2.75, 3.05) is 14.2 Å². The zero-order valence-corrected chi connectivity index (χ0v) is 11.6. The van der Waals surface area contributed by atoms with Gasteiger partial charge in [-0.2, -0.15) is 0 Å². The number of carbonyl (C=O) groups excluding carboxylic acids is 1. The Morgan fingerprint density at radius 1 is 1.00 bits per heavy atom. The smallest absolute Gasteiger partial charge is 0.161 e. The zero-order chi connectivity index (χ0) is 14.7. The van der Waals surface area contributed by atoms with E-state index in [1.54, 1.807) is 18.2 Å². The van der Waals surface area contributed by atoms with Crippen LogP contribution in [0.25, 0.3) is 11.1 Å². The van der Waals surface area contributed by atoms with E-state index in [1.807, 2.05) is 6.92 Å². The number of rotatable bonds is 4. The van der Waals surface area contributed by atoms with Crippen LogP contribution in [0.15, 0.2) is 30.3 Å². The summed E-state index contributed by atoms with van der Waals surface area (Å²) in [6, 6.07) is 7.75. The van der Waals surface area contributed by atoms with Gasteiger partial charge in [0.2, 0.25) is 0 Å². The summed E-state index contributed by atoms with van der Waals surface area (Å²) in [5.74, 6) is 0.612. The summed E-state index contributed by atoms with van der Waals surface area (Å²) in [4.78, 5) is 11.3. The van der Waals surface area contributed by atoms with E-state index < -0.39 is 0 Å². The SMILES string of the molecule is COc1cc(C=O)c(-c2cc(F)ccc2C)cc1OC. The number of aldehydes is 1. The van der Waals surface area contributed by atoms with Gasteiger partial charge in [-0.25, -0.2) is 4.39 Å². The first-order valence-corrected chi connectivity index (χ1v) is 6.08. The molecule has 2 rings (SSSR count). The molecule has 104 valence electrons. The molecule has 2 aromatic carbocycles. The van der Waals surface area contributed by atoms with Gasteiger partial charge in [0.05, 0.1) is 14.2 Å². The Kier molecular flexibility index (Phi) is 4.03. The van der Waals surface area contributed by atoms with Gasteiger partial charge in [0.25, 0.3) is 0 Å². The lowest BCUT2D eigenvalue weighted by molar-refractivity contribution is 0.112. The lowest BCUT2D eigenvalue weighted by atomic mass is 9.95. The van der Waals surface area contributed by atoms with Crippen molar-refractivity contribution in [3.8, 4) is 22.6 Å². The molecule has 0 bridgehead atoms. The molecule has 0 radical (unpaired) electrons. The summed E-state index contributed by atoms with van der Waals surface area (Å²) in [6.07, 6.45) is 0.724. The van der Waals surface area contributed by atoms with Crippen LogP contribution in [-0.2, 0) is 0 Å². The first-order valence-electron chi connectivity index (χ1n) is 6.08. The number of hydrogen-bond acceptors (Lipinski definition) is 3. The molecule has 3 nitrogen and oxygen atoms in total. The number of halogens is 1. The van der Waals surface area contributed by atoms with Crippen LogP contribution in [0.2, 0.25) is 0 Å². The number of carbonyl (C=O) groups is 1. The summed E-state index contributed by atoms with van der Waals surface area (Å²) < 4.78 is 23.9. The molecule has 0 aliphatic carbocycles. The summed E-state index contributed by atoms with van der Waals surface area (Å²) in [6.45, 7) is 1.86. The molecule has 0 unspecified atom stereocenters. The van der Waals surface area contributed by atoms with Crippen LogP contribution >= 0.6 is 0 Å². The molecule has 0 saturated heterocycles. The molecule has 0 fully saturated rings. The average Bonchev–Trinajstić information content (AvgIpc) is 2.48. The predicted molar refractivity (Wildman–Crippen MR) is 75.1 cm³/mol. The maximum Gasteiger partial charge on any atom is 0.161 e. The van der Waals surface area contributed by atoms with Crippen LogP contribution < -0.4 is 9.47 Å². The Morgan fingerprint density at radius 2 is 1.65 bits per heavy atom. The van der Waals surface area contributed by atoms with Crippen LogP contribution in [0.3, 0.4) is 0 Å². The second-order valence-electron chi connectivity index (χ2n) is 4.37. The van der Waals surface area contributed by atoms with E-state index in [4.69, 9.17) is 9.47 Å². The Balaban J connectivity index is 2.72. The van der Waals surface area contributed by atoms with Crippen LogP contribution in [0.5, 0.6) is 11.5 Å². The van der Waals surface area contributed by atoms with Gasteiger partial charge >= 0.3 is 0 Å². The minimum atomic E-state index is -0.350. The lowest BCUT2D eigenvalue weighted by Gasteiger charge is -2.14. The minimum Gasteiger partial charge on any atom is -0.493 e. The number of methoxy groups -OCH3 is 2. The lowest BCUT2D eigenvalue weighted by Crippen LogP contribution is -1.96. The highest BCUT2D eigenvalue weighted by molar-refractivity contribution is 5.90. The van der Waals surface area contributed by atoms with Gasteiger partial charge in [0.15, 0.2) is 17.8 Å². The molecular weight excluding hydrogens is 259 g/mol. The molecule has 0 atom stereocenters. The molecule has 2 aromatic rings. The second kappa shape index (κ2) is 5.74. The van der Waals surface area contributed by atoms with Crippen LogP contribution in [0.1, 0.15) is 15.9 Å². The van der Waals surface area contributed by atoms with Gasteiger partial charge in [-0.15, -0.1) is 0 Å². The van der Waals surface area contributed by atoms with Crippen molar-refractivity contribution in [3.63, 3.8) is 0 Å². The van der Waals surface area contributed by atoms with E-state index in [0.29, 0.717) is 28.2 Å². The maximum atomic E-state index is 13.5. The highest BCUT2D eigenvalue weighted by Crippen LogP contribution is 2.36. The molecule has 4 heteroatoms. The van der Waals surface area contributed by atoms with Crippen molar-refractivity contribution in [3.05, 3.63) is 47.3 Å². The van der Waals surface area contributed by atoms with Crippen molar-refractivity contribution in [1.29, 1.82) is 0 Å². The Hall–Kier alpha value is -2.36. The Labute approximate surface area is 117 Å². The van der Waals surface area contributed by atoms with E-state index in [-0.39, 0.29) is 5.82 Å². The Bertz CT molecular complexity index is 650. The number of benzene rings is 2. The monoisotopic (exact) mass is 274 g/mol. The fourth-order valence-corrected chi connectivity index (χ4v) is 2.11. The third kappa shape index (κ3) is 2.50. The molecule has 0 spiro atoms. The molecule has 0 aliphatic rings. The minimum absolute atomic E-state index is 0.350. The molecule has 0 saturated carbocycles. The standard InChI is InChI=1S/C16H15FO3/c1-10-4-5-12(17)7-13(10)14-8-16(20-3)15(19-2)6-11(14)9-18/h4-9H,1-3H3. The maximum absolute atomic E-state index is 13.5. The number of aryl methyl sites for hydroxylation is 1. The van der Waals surface area contributed by atoms with Gasteiger partial charge in [0, 0.05) is 5.56 Å². The second-order valence-corrected chi connectivity index (χ2v) is 4.37. The van der Waals surface area contributed by atoms with Crippen LogP contribution in [-0.4, -0.2) is 20.5 Å². The molecular formula is C16H15FO3. The first-order chi connectivity index (χ1) is 9.60. The molecule has 0 heterocycles. The van der Waals surface area contributed by atoms with E-state index in [9.17, 15) is 9.18 Å². The van der Waals surface area contributed by atoms with Crippen molar-refractivity contribution in [2.24, 2.45) is 0 Å². The van der Waals surface area contributed by atoms with E-state index in [2.05, 4.69) is 0 Å². The topological polar surface area (TPSA) is 35.5 Å². The highest BCUT2D eigenvalue weighted by atomic mass is 19.1. The largest absolute Gasteiger partial charge is 0.493 e. The van der Waals surface area contributed by atoms with E-state index >= 15 is 0 Å². The summed E-state index contributed by atoms with van der Waals surface area (Å²) in [5, 5.41) is 0. The zero-order valence-electron chi connectivity index (χ0n) is 11.6. The van der Waals surface area contributed by atoms with Crippen molar-refractivity contribution >= 4 is 6.29 Å². The van der Waals surface area contributed by atoms with Crippen molar-refractivity contribution in [1.82, 2.24) is 0 Å². The van der Waals surface area contributed by atoms with E-state index in [0.717, 1.165) is 11.8 Å². The van der Waals surface area contributed by atoms with Gasteiger partial charge < -0.3 is 9.47 Å². The molecule has 0 aromatic heterocycles. The number of ether oxygens (including phenoxy) is 2. The van der Waals surface area contributed by atoms with Crippen LogP contribution in [0.4, 0.5) is 4.39 Å². The number of hydrogen-bond donors (Lipinski definition) is 0. The van der Waals surface area contributed by atoms with Gasteiger partial charge in [-0.1, -0.05) is 6.07 Å². The predicted octanol–water partition coefficient (Wildman–Crippen LogP) is 3.63. The summed E-state index contributed by atoms with van der Waals surface area (Å²) in [5.41, 5.74) is 2.58. The van der Waals surface area contributed by atoms with E-state index in [1.165, 1.54) is 26.4 Å². The molecule has 20 heavy (non-hydrogen) atoms. The molecule has 0 aliphatic heterocycles. The normalized spacial score (nSPS) is 10.2.